The molecule has 0 atom stereocenters. The van der Waals surface area contributed by atoms with E-state index in [1.165, 1.54) is 13.2 Å². The number of hydrogen-bond donors (Lipinski definition) is 2. The van der Waals surface area contributed by atoms with Gasteiger partial charge < -0.3 is 15.4 Å². The standard InChI is InChI=1S/C23H23ClN4O4/c1-4-21(29)26-19-12-18(15-7-5-14(2)6-8-15)27-28(23(19)31)13-22(30)25-16-9-10-20(32-3)17(24)11-16/h5-12H,4,13H2,1-3H3,(H,25,30)(H,26,29). The molecular weight excluding hydrogens is 432 g/mol. The summed E-state index contributed by atoms with van der Waals surface area (Å²) in [6, 6.07) is 13.9. The van der Waals surface area contributed by atoms with Gasteiger partial charge in [0.2, 0.25) is 11.8 Å². The molecule has 166 valence electrons. The number of halogens is 1. The topological polar surface area (TPSA) is 102 Å². The average Bonchev–Trinajstić information content (AvgIpc) is 2.77. The van der Waals surface area contributed by atoms with Crippen LogP contribution in [0.2, 0.25) is 5.02 Å². The van der Waals surface area contributed by atoms with E-state index in [2.05, 4.69) is 15.7 Å². The van der Waals surface area contributed by atoms with Crippen LogP contribution in [-0.4, -0.2) is 28.7 Å². The molecule has 2 aromatic carbocycles. The molecule has 0 aliphatic rings. The first-order chi connectivity index (χ1) is 15.3. The minimum Gasteiger partial charge on any atom is -0.495 e. The van der Waals surface area contributed by atoms with Gasteiger partial charge in [0.1, 0.15) is 18.0 Å². The van der Waals surface area contributed by atoms with Gasteiger partial charge in [-0.05, 0) is 31.2 Å². The predicted octanol–water partition coefficient (Wildman–Crippen LogP) is 3.87. The number of carbonyl (C=O) groups is 2. The Morgan fingerprint density at radius 2 is 1.78 bits per heavy atom. The quantitative estimate of drug-likeness (QED) is 0.564. The molecule has 0 radical (unpaired) electrons. The summed E-state index contributed by atoms with van der Waals surface area (Å²) in [6.07, 6.45) is 0.209. The third-order valence-electron chi connectivity index (χ3n) is 4.65. The van der Waals surface area contributed by atoms with Crippen LogP contribution in [0, 0.1) is 6.92 Å². The van der Waals surface area contributed by atoms with Crippen LogP contribution >= 0.6 is 11.6 Å². The number of aromatic nitrogens is 2. The SMILES string of the molecule is CCC(=O)Nc1cc(-c2ccc(C)cc2)nn(CC(=O)Nc2ccc(OC)c(Cl)c2)c1=O. The van der Waals surface area contributed by atoms with E-state index < -0.39 is 11.5 Å². The van der Waals surface area contributed by atoms with Gasteiger partial charge in [-0.25, -0.2) is 4.68 Å². The molecule has 2 N–H and O–H groups in total. The highest BCUT2D eigenvalue weighted by Gasteiger charge is 2.15. The van der Waals surface area contributed by atoms with Crippen LogP contribution in [0.3, 0.4) is 0 Å². The number of anilines is 2. The van der Waals surface area contributed by atoms with Gasteiger partial charge >= 0.3 is 0 Å². The number of carbonyl (C=O) groups excluding carboxylic acids is 2. The van der Waals surface area contributed by atoms with E-state index in [1.54, 1.807) is 25.1 Å². The molecule has 0 saturated heterocycles. The number of nitrogens with one attached hydrogen (secondary N) is 2. The number of rotatable bonds is 7. The number of benzene rings is 2. The minimum atomic E-state index is -0.578. The summed E-state index contributed by atoms with van der Waals surface area (Å²) in [6.45, 7) is 3.29. The van der Waals surface area contributed by atoms with Crippen molar-refractivity contribution in [2.75, 3.05) is 17.7 Å². The summed E-state index contributed by atoms with van der Waals surface area (Å²) in [7, 11) is 1.49. The highest BCUT2D eigenvalue weighted by Crippen LogP contribution is 2.27. The Kier molecular flexibility index (Phi) is 7.27. The molecule has 0 saturated carbocycles. The van der Waals surface area contributed by atoms with Crippen molar-refractivity contribution in [2.45, 2.75) is 26.8 Å². The molecule has 0 fully saturated rings. The van der Waals surface area contributed by atoms with Crippen molar-refractivity contribution in [3.63, 3.8) is 0 Å². The maximum Gasteiger partial charge on any atom is 0.291 e. The Morgan fingerprint density at radius 1 is 1.06 bits per heavy atom. The van der Waals surface area contributed by atoms with Crippen molar-refractivity contribution in [2.24, 2.45) is 0 Å². The fraction of sp³-hybridized carbons (Fsp3) is 0.217. The van der Waals surface area contributed by atoms with Gasteiger partial charge in [0.25, 0.3) is 5.56 Å². The van der Waals surface area contributed by atoms with E-state index in [0.29, 0.717) is 22.2 Å². The number of hydrogen-bond acceptors (Lipinski definition) is 5. The summed E-state index contributed by atoms with van der Waals surface area (Å²) in [5.41, 5.74) is 2.20. The zero-order valence-electron chi connectivity index (χ0n) is 17.9. The zero-order chi connectivity index (χ0) is 23.3. The number of methoxy groups -OCH3 is 1. The van der Waals surface area contributed by atoms with E-state index in [-0.39, 0.29) is 24.6 Å². The molecule has 0 aliphatic carbocycles. The molecule has 32 heavy (non-hydrogen) atoms. The van der Waals surface area contributed by atoms with Gasteiger partial charge in [-0.2, -0.15) is 5.10 Å². The maximum absolute atomic E-state index is 12.9. The monoisotopic (exact) mass is 454 g/mol. The fourth-order valence-corrected chi connectivity index (χ4v) is 3.18. The van der Waals surface area contributed by atoms with Crippen LogP contribution in [-0.2, 0) is 16.1 Å². The Hall–Kier alpha value is -3.65. The normalized spacial score (nSPS) is 10.5. The van der Waals surface area contributed by atoms with E-state index in [4.69, 9.17) is 16.3 Å². The van der Waals surface area contributed by atoms with Gasteiger partial charge in [0.05, 0.1) is 17.8 Å². The van der Waals surface area contributed by atoms with E-state index in [1.807, 2.05) is 31.2 Å². The lowest BCUT2D eigenvalue weighted by Gasteiger charge is -2.12. The molecule has 3 rings (SSSR count). The van der Waals surface area contributed by atoms with E-state index in [0.717, 1.165) is 15.8 Å². The van der Waals surface area contributed by atoms with Gasteiger partial charge in [0.15, 0.2) is 0 Å². The molecule has 0 bridgehead atoms. The molecule has 1 aromatic heterocycles. The highest BCUT2D eigenvalue weighted by molar-refractivity contribution is 6.32. The summed E-state index contributed by atoms with van der Waals surface area (Å²) in [5.74, 6) is -0.314. The third-order valence-corrected chi connectivity index (χ3v) is 4.94. The lowest BCUT2D eigenvalue weighted by molar-refractivity contribution is -0.117. The van der Waals surface area contributed by atoms with Crippen molar-refractivity contribution in [1.82, 2.24) is 9.78 Å². The Labute approximate surface area is 190 Å². The molecule has 8 nitrogen and oxygen atoms in total. The largest absolute Gasteiger partial charge is 0.495 e. The first-order valence-electron chi connectivity index (χ1n) is 9.93. The van der Waals surface area contributed by atoms with Gasteiger partial charge in [0, 0.05) is 17.7 Å². The van der Waals surface area contributed by atoms with Crippen LogP contribution < -0.4 is 20.9 Å². The molecule has 0 aliphatic heterocycles. The number of amides is 2. The number of nitrogens with zero attached hydrogens (tertiary/aromatic N) is 2. The van der Waals surface area contributed by atoms with Crippen LogP contribution in [0.15, 0.2) is 53.3 Å². The summed E-state index contributed by atoms with van der Waals surface area (Å²) >= 11 is 6.10. The maximum atomic E-state index is 12.9. The second-order valence-electron chi connectivity index (χ2n) is 7.07. The molecule has 0 unspecified atom stereocenters. The van der Waals surface area contributed by atoms with Crippen LogP contribution in [0.4, 0.5) is 11.4 Å². The van der Waals surface area contributed by atoms with Crippen molar-refractivity contribution in [3.8, 4) is 17.0 Å². The van der Waals surface area contributed by atoms with Crippen LogP contribution in [0.25, 0.3) is 11.3 Å². The molecular formula is C23H23ClN4O4. The highest BCUT2D eigenvalue weighted by atomic mass is 35.5. The molecule has 3 aromatic rings. The predicted molar refractivity (Wildman–Crippen MR) is 124 cm³/mol. The van der Waals surface area contributed by atoms with Crippen LogP contribution in [0.1, 0.15) is 18.9 Å². The Bertz CT molecular complexity index is 1210. The first-order valence-corrected chi connectivity index (χ1v) is 10.3. The third kappa shape index (κ3) is 5.53. The van der Waals surface area contributed by atoms with Gasteiger partial charge in [-0.15, -0.1) is 0 Å². The van der Waals surface area contributed by atoms with E-state index in [9.17, 15) is 14.4 Å². The smallest absolute Gasteiger partial charge is 0.291 e. The first kappa shape index (κ1) is 23.0. The number of aryl methyl sites for hydroxylation is 1. The van der Waals surface area contributed by atoms with Crippen molar-refractivity contribution in [1.29, 1.82) is 0 Å². The Morgan fingerprint density at radius 3 is 2.41 bits per heavy atom. The summed E-state index contributed by atoms with van der Waals surface area (Å²) in [4.78, 5) is 37.4. The van der Waals surface area contributed by atoms with Gasteiger partial charge in [-0.3, -0.25) is 14.4 Å². The van der Waals surface area contributed by atoms with Crippen molar-refractivity contribution < 1.29 is 14.3 Å². The molecule has 1 heterocycles. The second-order valence-corrected chi connectivity index (χ2v) is 7.48. The second kappa shape index (κ2) is 10.1. The molecule has 9 heteroatoms. The van der Waals surface area contributed by atoms with Crippen molar-refractivity contribution >= 4 is 34.8 Å². The van der Waals surface area contributed by atoms with Gasteiger partial charge in [-0.1, -0.05) is 48.4 Å². The van der Waals surface area contributed by atoms with Crippen molar-refractivity contribution in [3.05, 3.63) is 69.5 Å². The van der Waals surface area contributed by atoms with Crippen LogP contribution in [0.5, 0.6) is 5.75 Å². The summed E-state index contributed by atoms with van der Waals surface area (Å²) < 4.78 is 6.13. The summed E-state index contributed by atoms with van der Waals surface area (Å²) in [5, 5.41) is 9.95. The lowest BCUT2D eigenvalue weighted by atomic mass is 10.1. The number of ether oxygens (including phenoxy) is 1. The Balaban J connectivity index is 1.92. The average molecular weight is 455 g/mol. The lowest BCUT2D eigenvalue weighted by Crippen LogP contribution is -2.32. The zero-order valence-corrected chi connectivity index (χ0v) is 18.7. The fourth-order valence-electron chi connectivity index (χ4n) is 2.92. The molecule has 0 spiro atoms. The van der Waals surface area contributed by atoms with E-state index >= 15 is 0 Å². The molecule has 2 amide bonds. The minimum absolute atomic E-state index is 0.0581.